The number of halogens is 3. The van der Waals surface area contributed by atoms with E-state index < -0.39 is 23.6 Å². The van der Waals surface area contributed by atoms with E-state index >= 15 is 0 Å². The maximum absolute atomic E-state index is 12.9. The van der Waals surface area contributed by atoms with Gasteiger partial charge in [0.05, 0.1) is 11.1 Å². The van der Waals surface area contributed by atoms with Crippen molar-refractivity contribution in [2.75, 3.05) is 5.32 Å². The molecule has 0 aliphatic carbocycles. The summed E-state index contributed by atoms with van der Waals surface area (Å²) >= 11 is 1.14. The first-order valence-electron chi connectivity index (χ1n) is 8.15. The number of aryl methyl sites for hydroxylation is 1. The summed E-state index contributed by atoms with van der Waals surface area (Å²) in [5, 5.41) is 2.73. The number of nitrogens with one attached hydrogen (secondary N) is 1. The van der Waals surface area contributed by atoms with E-state index in [-0.39, 0.29) is 16.1 Å². The number of hydrogen-bond donors (Lipinski definition) is 2. The zero-order valence-corrected chi connectivity index (χ0v) is 15.4. The van der Waals surface area contributed by atoms with Gasteiger partial charge < -0.3 is 11.1 Å². The molecule has 1 aromatic heterocycles. The van der Waals surface area contributed by atoms with Gasteiger partial charge in [-0.25, -0.2) is 0 Å². The molecule has 3 rings (SSSR count). The Morgan fingerprint density at radius 2 is 1.71 bits per heavy atom. The quantitative estimate of drug-likeness (QED) is 0.636. The van der Waals surface area contributed by atoms with E-state index in [0.29, 0.717) is 5.56 Å². The number of carbonyl (C=O) groups is 2. The van der Waals surface area contributed by atoms with Crippen LogP contribution in [0.5, 0.6) is 0 Å². The number of amides is 2. The second kappa shape index (κ2) is 7.47. The molecule has 8 heteroatoms. The van der Waals surface area contributed by atoms with E-state index in [2.05, 4.69) is 5.32 Å². The van der Waals surface area contributed by atoms with Gasteiger partial charge in [0.2, 0.25) is 0 Å². The molecule has 0 fully saturated rings. The fraction of sp³-hybridized carbons (Fsp3) is 0.100. The molecular formula is C20H15F3N2O2S. The Morgan fingerprint density at radius 1 is 1.04 bits per heavy atom. The van der Waals surface area contributed by atoms with Crippen LogP contribution in [0.4, 0.5) is 18.2 Å². The predicted molar refractivity (Wildman–Crippen MR) is 102 cm³/mol. The lowest BCUT2D eigenvalue weighted by atomic mass is 10.0. The van der Waals surface area contributed by atoms with Crippen molar-refractivity contribution in [1.82, 2.24) is 0 Å². The lowest BCUT2D eigenvalue weighted by Gasteiger charge is -2.09. The predicted octanol–water partition coefficient (Wildman–Crippen LogP) is 5.09. The topological polar surface area (TPSA) is 72.2 Å². The Morgan fingerprint density at radius 3 is 2.32 bits per heavy atom. The van der Waals surface area contributed by atoms with Gasteiger partial charge in [-0.05, 0) is 30.7 Å². The van der Waals surface area contributed by atoms with Crippen molar-refractivity contribution in [2.24, 2.45) is 5.73 Å². The molecule has 0 saturated heterocycles. The third-order valence-corrected chi connectivity index (χ3v) is 5.09. The number of alkyl halides is 3. The highest BCUT2D eigenvalue weighted by atomic mass is 32.1. The number of rotatable bonds is 4. The van der Waals surface area contributed by atoms with Crippen molar-refractivity contribution in [3.05, 3.63) is 76.2 Å². The molecule has 0 saturated carbocycles. The van der Waals surface area contributed by atoms with E-state index in [1.165, 1.54) is 6.07 Å². The van der Waals surface area contributed by atoms with E-state index in [1.54, 1.807) is 31.2 Å². The summed E-state index contributed by atoms with van der Waals surface area (Å²) in [6.07, 6.45) is -4.56. The van der Waals surface area contributed by atoms with E-state index in [0.717, 1.165) is 40.0 Å². The number of anilines is 1. The van der Waals surface area contributed by atoms with Crippen molar-refractivity contribution in [3.63, 3.8) is 0 Å². The summed E-state index contributed by atoms with van der Waals surface area (Å²) in [6.45, 7) is 1.78. The molecule has 0 unspecified atom stereocenters. The third-order valence-electron chi connectivity index (χ3n) is 4.07. The SMILES string of the molecule is Cc1sc(NC(=O)c2cccc(C(F)(F)F)c2)c(C(N)=O)c1-c1ccccc1. The largest absolute Gasteiger partial charge is 0.416 e. The third kappa shape index (κ3) is 3.91. The van der Waals surface area contributed by atoms with Crippen LogP contribution in [0, 0.1) is 6.92 Å². The lowest BCUT2D eigenvalue weighted by Crippen LogP contribution is -2.18. The first-order valence-corrected chi connectivity index (χ1v) is 8.97. The summed E-state index contributed by atoms with van der Waals surface area (Å²) in [5.74, 6) is -1.49. The first-order chi connectivity index (χ1) is 13.2. The molecule has 3 aromatic rings. The minimum absolute atomic E-state index is 0.133. The van der Waals surface area contributed by atoms with Gasteiger partial charge in [-0.2, -0.15) is 13.2 Å². The fourth-order valence-corrected chi connectivity index (χ4v) is 3.91. The Bertz CT molecular complexity index is 1040. The molecule has 2 aromatic carbocycles. The van der Waals surface area contributed by atoms with E-state index in [4.69, 9.17) is 5.73 Å². The summed E-state index contributed by atoms with van der Waals surface area (Å²) in [5.41, 5.74) is 5.91. The van der Waals surface area contributed by atoms with Crippen molar-refractivity contribution in [3.8, 4) is 11.1 Å². The Labute approximate surface area is 162 Å². The van der Waals surface area contributed by atoms with Crippen molar-refractivity contribution in [1.29, 1.82) is 0 Å². The van der Waals surface area contributed by atoms with Crippen molar-refractivity contribution < 1.29 is 22.8 Å². The van der Waals surface area contributed by atoms with Gasteiger partial charge in [0, 0.05) is 16.0 Å². The van der Waals surface area contributed by atoms with Crippen molar-refractivity contribution >= 4 is 28.2 Å². The Hall–Kier alpha value is -3.13. The van der Waals surface area contributed by atoms with Crippen LogP contribution in [-0.2, 0) is 6.18 Å². The van der Waals surface area contributed by atoms with Crippen LogP contribution in [0.25, 0.3) is 11.1 Å². The molecule has 0 bridgehead atoms. The second-order valence-corrected chi connectivity index (χ2v) is 7.23. The van der Waals surface area contributed by atoms with Crippen LogP contribution in [0.2, 0.25) is 0 Å². The molecule has 3 N–H and O–H groups in total. The summed E-state index contributed by atoms with van der Waals surface area (Å²) in [4.78, 5) is 25.3. The standard InChI is InChI=1S/C20H15F3N2O2S/c1-11-15(12-6-3-2-4-7-12)16(17(24)26)19(28-11)25-18(27)13-8-5-9-14(10-13)20(21,22)23/h2-10H,1H3,(H2,24,26)(H,25,27). The number of hydrogen-bond acceptors (Lipinski definition) is 3. The molecular weight excluding hydrogens is 389 g/mol. The smallest absolute Gasteiger partial charge is 0.365 e. The highest BCUT2D eigenvalue weighted by Crippen LogP contribution is 2.40. The maximum Gasteiger partial charge on any atom is 0.416 e. The average Bonchev–Trinajstić information content (AvgIpc) is 2.97. The number of benzene rings is 2. The number of carbonyl (C=O) groups excluding carboxylic acids is 2. The normalized spacial score (nSPS) is 11.3. The van der Waals surface area contributed by atoms with Crippen molar-refractivity contribution in [2.45, 2.75) is 13.1 Å². The molecule has 0 radical (unpaired) electrons. The van der Waals surface area contributed by atoms with Crippen LogP contribution >= 0.6 is 11.3 Å². The minimum Gasteiger partial charge on any atom is -0.365 e. The number of primary amides is 1. The Kier molecular flexibility index (Phi) is 5.24. The van der Waals surface area contributed by atoms with Crippen LogP contribution < -0.4 is 11.1 Å². The summed E-state index contributed by atoms with van der Waals surface area (Å²) in [6, 6.07) is 13.1. The molecule has 4 nitrogen and oxygen atoms in total. The zero-order chi connectivity index (χ0) is 20.5. The van der Waals surface area contributed by atoms with Gasteiger partial charge in [-0.1, -0.05) is 36.4 Å². The highest BCUT2D eigenvalue weighted by molar-refractivity contribution is 7.17. The maximum atomic E-state index is 12.9. The monoisotopic (exact) mass is 404 g/mol. The van der Waals surface area contributed by atoms with Crippen LogP contribution in [0.15, 0.2) is 54.6 Å². The Balaban J connectivity index is 2.00. The lowest BCUT2D eigenvalue weighted by molar-refractivity contribution is -0.137. The van der Waals surface area contributed by atoms with E-state index in [1.807, 2.05) is 6.07 Å². The summed E-state index contributed by atoms with van der Waals surface area (Å²) in [7, 11) is 0. The molecule has 2 amide bonds. The number of nitrogens with two attached hydrogens (primary N) is 1. The fourth-order valence-electron chi connectivity index (χ4n) is 2.83. The molecule has 0 aliphatic heterocycles. The minimum atomic E-state index is -4.56. The molecule has 144 valence electrons. The van der Waals surface area contributed by atoms with Gasteiger partial charge in [-0.3, -0.25) is 9.59 Å². The van der Waals surface area contributed by atoms with Crippen LogP contribution in [-0.4, -0.2) is 11.8 Å². The van der Waals surface area contributed by atoms with Gasteiger partial charge in [0.1, 0.15) is 5.00 Å². The van der Waals surface area contributed by atoms with Gasteiger partial charge in [-0.15, -0.1) is 11.3 Å². The molecule has 28 heavy (non-hydrogen) atoms. The summed E-state index contributed by atoms with van der Waals surface area (Å²) < 4.78 is 38.6. The van der Waals surface area contributed by atoms with Gasteiger partial charge >= 0.3 is 6.18 Å². The molecule has 1 heterocycles. The number of thiophene rings is 1. The zero-order valence-electron chi connectivity index (χ0n) is 14.6. The first kappa shape index (κ1) is 19.6. The van der Waals surface area contributed by atoms with Gasteiger partial charge in [0.25, 0.3) is 11.8 Å². The van der Waals surface area contributed by atoms with Gasteiger partial charge in [0.15, 0.2) is 0 Å². The van der Waals surface area contributed by atoms with Crippen LogP contribution in [0.1, 0.15) is 31.2 Å². The second-order valence-electron chi connectivity index (χ2n) is 6.00. The molecule has 0 atom stereocenters. The highest BCUT2D eigenvalue weighted by Gasteiger charge is 2.31. The molecule has 0 spiro atoms. The van der Waals surface area contributed by atoms with E-state index in [9.17, 15) is 22.8 Å². The average molecular weight is 404 g/mol. The molecule has 0 aliphatic rings. The van der Waals surface area contributed by atoms with Crippen LogP contribution in [0.3, 0.4) is 0 Å².